The van der Waals surface area contributed by atoms with Crippen molar-refractivity contribution in [2.24, 2.45) is 0 Å². The minimum atomic E-state index is -0.844. The van der Waals surface area contributed by atoms with Crippen LogP contribution in [0.25, 0.3) is 5.57 Å². The van der Waals surface area contributed by atoms with Gasteiger partial charge in [0.25, 0.3) is 0 Å². The molecule has 3 nitrogen and oxygen atoms in total. The van der Waals surface area contributed by atoms with Gasteiger partial charge in [-0.3, -0.25) is 4.90 Å². The Hall–Kier alpha value is -2.69. The maximum Gasteiger partial charge on any atom is 0.410 e. The summed E-state index contributed by atoms with van der Waals surface area (Å²) in [6.07, 6.45) is 4.72. The van der Waals surface area contributed by atoms with E-state index in [0.29, 0.717) is 12.0 Å². The van der Waals surface area contributed by atoms with Crippen molar-refractivity contribution in [1.82, 2.24) is 4.90 Å². The molecule has 27 heavy (non-hydrogen) atoms. The van der Waals surface area contributed by atoms with Crippen molar-refractivity contribution in [2.75, 3.05) is 0 Å². The van der Waals surface area contributed by atoms with Gasteiger partial charge in [0.1, 0.15) is 6.61 Å². The first-order valence-corrected chi connectivity index (χ1v) is 9.27. The summed E-state index contributed by atoms with van der Waals surface area (Å²) in [5.74, 6) is -1.66. The molecule has 2 unspecified atom stereocenters. The highest BCUT2D eigenvalue weighted by molar-refractivity contribution is 5.74. The molecule has 4 rings (SSSR count). The average Bonchev–Trinajstić information content (AvgIpc) is 2.68. The largest absolute Gasteiger partial charge is 0.445 e. The number of benzene rings is 2. The summed E-state index contributed by atoms with van der Waals surface area (Å²) in [5.41, 5.74) is 2.00. The van der Waals surface area contributed by atoms with Crippen LogP contribution in [0.2, 0.25) is 0 Å². The maximum absolute atomic E-state index is 14.2. The average molecular weight is 369 g/mol. The molecule has 5 heteroatoms. The Morgan fingerprint density at radius 2 is 1.89 bits per heavy atom. The highest BCUT2D eigenvalue weighted by atomic mass is 19.2. The molecule has 1 fully saturated rings. The zero-order valence-electron chi connectivity index (χ0n) is 14.9. The first-order valence-electron chi connectivity index (χ1n) is 9.27. The quantitative estimate of drug-likeness (QED) is 0.734. The zero-order chi connectivity index (χ0) is 18.8. The van der Waals surface area contributed by atoms with E-state index in [4.69, 9.17) is 4.74 Å². The molecule has 140 valence electrons. The van der Waals surface area contributed by atoms with Gasteiger partial charge < -0.3 is 4.74 Å². The van der Waals surface area contributed by atoms with Crippen LogP contribution in [-0.4, -0.2) is 23.1 Å². The van der Waals surface area contributed by atoms with E-state index in [1.165, 1.54) is 6.07 Å². The van der Waals surface area contributed by atoms with Gasteiger partial charge in [0.05, 0.1) is 6.04 Å². The molecule has 0 aromatic heterocycles. The molecule has 1 amide bonds. The number of rotatable bonds is 3. The second-order valence-corrected chi connectivity index (χ2v) is 7.10. The van der Waals surface area contributed by atoms with E-state index in [0.717, 1.165) is 36.5 Å². The van der Waals surface area contributed by atoms with Gasteiger partial charge in [0, 0.05) is 11.6 Å². The van der Waals surface area contributed by atoms with Gasteiger partial charge in [-0.2, -0.15) is 0 Å². The van der Waals surface area contributed by atoms with Gasteiger partial charge >= 0.3 is 6.09 Å². The maximum atomic E-state index is 14.2. The van der Waals surface area contributed by atoms with Gasteiger partial charge in [-0.25, -0.2) is 13.6 Å². The van der Waals surface area contributed by atoms with Gasteiger partial charge in [0.2, 0.25) is 0 Å². The van der Waals surface area contributed by atoms with Crippen LogP contribution in [0.3, 0.4) is 0 Å². The number of piperidine rings is 1. The molecule has 1 saturated heterocycles. The third-order valence-corrected chi connectivity index (χ3v) is 5.35. The summed E-state index contributed by atoms with van der Waals surface area (Å²) in [4.78, 5) is 14.5. The lowest BCUT2D eigenvalue weighted by Gasteiger charge is -2.44. The van der Waals surface area contributed by atoms with Gasteiger partial charge in [-0.15, -0.1) is 0 Å². The fourth-order valence-electron chi connectivity index (χ4n) is 4.06. The van der Waals surface area contributed by atoms with Crippen LogP contribution in [0.5, 0.6) is 0 Å². The number of fused-ring (bicyclic) bond motifs is 2. The third kappa shape index (κ3) is 3.59. The Morgan fingerprint density at radius 1 is 1.07 bits per heavy atom. The molecule has 0 spiro atoms. The van der Waals surface area contributed by atoms with Crippen LogP contribution >= 0.6 is 0 Å². The summed E-state index contributed by atoms with van der Waals surface area (Å²) in [7, 11) is 0. The van der Waals surface area contributed by atoms with E-state index in [1.807, 2.05) is 36.4 Å². The lowest BCUT2D eigenvalue weighted by Crippen LogP contribution is -2.51. The van der Waals surface area contributed by atoms with E-state index < -0.39 is 11.6 Å². The number of carbonyl (C=O) groups excluding carboxylic acids is 1. The first-order chi connectivity index (χ1) is 13.1. The molecular formula is C22H21F2NO2. The smallest absolute Gasteiger partial charge is 0.410 e. The molecule has 0 aliphatic carbocycles. The molecular weight excluding hydrogens is 348 g/mol. The minimum Gasteiger partial charge on any atom is -0.445 e. The Kier molecular flexibility index (Phi) is 4.92. The molecule has 0 N–H and O–H groups in total. The Balaban J connectivity index is 1.53. The summed E-state index contributed by atoms with van der Waals surface area (Å²) >= 11 is 0. The lowest BCUT2D eigenvalue weighted by atomic mass is 9.83. The topological polar surface area (TPSA) is 29.5 Å². The number of hydrogen-bond acceptors (Lipinski definition) is 2. The van der Waals surface area contributed by atoms with Crippen molar-refractivity contribution in [3.8, 4) is 0 Å². The predicted molar refractivity (Wildman–Crippen MR) is 98.8 cm³/mol. The molecule has 2 aliphatic rings. The SMILES string of the molecule is O=C(OCc1ccccc1)N1C2C=C(c3cccc(F)c3F)CC1CCC2. The Morgan fingerprint density at radius 3 is 2.67 bits per heavy atom. The summed E-state index contributed by atoms with van der Waals surface area (Å²) < 4.78 is 33.3. The van der Waals surface area contributed by atoms with Gasteiger partial charge in [0.15, 0.2) is 11.6 Å². The van der Waals surface area contributed by atoms with Crippen LogP contribution in [0.1, 0.15) is 36.8 Å². The van der Waals surface area contributed by atoms with Crippen LogP contribution < -0.4 is 0 Å². The lowest BCUT2D eigenvalue weighted by molar-refractivity contribution is 0.0510. The number of ether oxygens (including phenoxy) is 1. The van der Waals surface area contributed by atoms with Crippen LogP contribution in [-0.2, 0) is 11.3 Å². The first kappa shape index (κ1) is 17.7. The molecule has 2 heterocycles. The van der Waals surface area contributed by atoms with Crippen molar-refractivity contribution in [3.05, 3.63) is 77.4 Å². The number of hydrogen-bond donors (Lipinski definition) is 0. The molecule has 0 saturated carbocycles. The summed E-state index contributed by atoms with van der Waals surface area (Å²) in [5, 5.41) is 0. The number of halogens is 2. The van der Waals surface area contributed by atoms with E-state index in [2.05, 4.69) is 0 Å². The van der Waals surface area contributed by atoms with Crippen molar-refractivity contribution >= 4 is 11.7 Å². The summed E-state index contributed by atoms with van der Waals surface area (Å²) in [6.45, 7) is 0.227. The van der Waals surface area contributed by atoms with Gasteiger partial charge in [-0.05, 0) is 42.9 Å². The van der Waals surface area contributed by atoms with Crippen molar-refractivity contribution in [1.29, 1.82) is 0 Å². The van der Waals surface area contributed by atoms with Crippen molar-refractivity contribution in [2.45, 2.75) is 44.4 Å². The normalized spacial score (nSPS) is 21.6. The highest BCUT2D eigenvalue weighted by Gasteiger charge is 2.38. The Bertz CT molecular complexity index is 866. The molecule has 2 bridgehead atoms. The molecule has 2 aromatic carbocycles. The summed E-state index contributed by atoms with van der Waals surface area (Å²) in [6, 6.07) is 13.6. The molecule has 2 aromatic rings. The second-order valence-electron chi connectivity index (χ2n) is 7.10. The van der Waals surface area contributed by atoms with Crippen LogP contribution in [0.15, 0.2) is 54.6 Å². The van der Waals surface area contributed by atoms with Crippen LogP contribution in [0.4, 0.5) is 13.6 Å². The molecule has 2 aliphatic heterocycles. The standard InChI is InChI=1S/C22H21F2NO2/c23-20-11-5-10-19(21(20)24)16-12-17-8-4-9-18(13-16)25(17)22(26)27-14-15-6-2-1-3-7-15/h1-3,5-7,10-12,17-18H,4,8-9,13-14H2. The minimum absolute atomic E-state index is 0.0466. The number of carbonyl (C=O) groups is 1. The number of nitrogens with zero attached hydrogens (tertiary/aromatic N) is 1. The third-order valence-electron chi connectivity index (χ3n) is 5.35. The monoisotopic (exact) mass is 369 g/mol. The van der Waals surface area contributed by atoms with Crippen molar-refractivity contribution in [3.63, 3.8) is 0 Å². The van der Waals surface area contributed by atoms with Crippen molar-refractivity contribution < 1.29 is 18.3 Å². The van der Waals surface area contributed by atoms with E-state index in [-0.39, 0.29) is 24.8 Å². The van der Waals surface area contributed by atoms with Crippen LogP contribution in [0, 0.1) is 11.6 Å². The van der Waals surface area contributed by atoms with E-state index >= 15 is 0 Å². The van der Waals surface area contributed by atoms with Gasteiger partial charge in [-0.1, -0.05) is 48.5 Å². The zero-order valence-corrected chi connectivity index (χ0v) is 14.9. The van der Waals surface area contributed by atoms with E-state index in [1.54, 1.807) is 11.0 Å². The Labute approximate surface area is 157 Å². The molecule has 0 radical (unpaired) electrons. The van der Waals surface area contributed by atoms with E-state index in [9.17, 15) is 13.6 Å². The fourth-order valence-corrected chi connectivity index (χ4v) is 4.06. The highest BCUT2D eigenvalue weighted by Crippen LogP contribution is 2.38. The number of amides is 1. The second kappa shape index (κ2) is 7.51. The predicted octanol–water partition coefficient (Wildman–Crippen LogP) is 5.31. The fraction of sp³-hybridized carbons (Fsp3) is 0.318. The molecule has 2 atom stereocenters.